The molecule has 112 valence electrons. The second kappa shape index (κ2) is 5.57. The monoisotopic (exact) mass is 306 g/mol. The lowest BCUT2D eigenvalue weighted by Gasteiger charge is -2.22. The molecule has 6 nitrogen and oxygen atoms in total. The van der Waals surface area contributed by atoms with Crippen LogP contribution in [0.5, 0.6) is 0 Å². The van der Waals surface area contributed by atoms with Crippen LogP contribution in [0, 0.1) is 6.92 Å². The summed E-state index contributed by atoms with van der Waals surface area (Å²) in [6, 6.07) is 0. The first kappa shape index (κ1) is 14.2. The molecule has 1 fully saturated rings. The van der Waals surface area contributed by atoms with E-state index in [1.165, 1.54) is 17.7 Å². The van der Waals surface area contributed by atoms with Gasteiger partial charge in [-0.05, 0) is 32.5 Å². The Morgan fingerprint density at radius 3 is 2.86 bits per heavy atom. The van der Waals surface area contributed by atoms with Crippen molar-refractivity contribution in [3.8, 4) is 0 Å². The molecule has 0 saturated carbocycles. The number of hydrogen-bond donors (Lipinski definition) is 1. The number of carboxylic acids is 1. The van der Waals surface area contributed by atoms with Gasteiger partial charge in [-0.1, -0.05) is 0 Å². The van der Waals surface area contributed by atoms with Crippen LogP contribution in [-0.2, 0) is 0 Å². The van der Waals surface area contributed by atoms with Crippen LogP contribution in [-0.4, -0.2) is 59.2 Å². The first-order valence-electron chi connectivity index (χ1n) is 6.99. The van der Waals surface area contributed by atoms with Crippen LogP contribution in [0.4, 0.5) is 5.82 Å². The van der Waals surface area contributed by atoms with Gasteiger partial charge in [0.1, 0.15) is 21.9 Å². The number of anilines is 1. The average Bonchev–Trinajstić information content (AvgIpc) is 2.65. The van der Waals surface area contributed by atoms with Gasteiger partial charge in [-0.25, -0.2) is 14.8 Å². The second-order valence-electron chi connectivity index (χ2n) is 5.38. The van der Waals surface area contributed by atoms with E-state index in [9.17, 15) is 9.90 Å². The number of rotatable bonds is 2. The first-order chi connectivity index (χ1) is 10.1. The number of carbonyl (C=O) groups is 1. The molecule has 1 aliphatic rings. The highest BCUT2D eigenvalue weighted by Crippen LogP contribution is 2.35. The van der Waals surface area contributed by atoms with E-state index in [1.807, 2.05) is 6.92 Å². The maximum atomic E-state index is 11.3. The van der Waals surface area contributed by atoms with Gasteiger partial charge >= 0.3 is 5.97 Å². The number of nitrogens with zero attached hydrogens (tertiary/aromatic N) is 4. The van der Waals surface area contributed by atoms with Gasteiger partial charge in [0.05, 0.1) is 5.39 Å². The highest BCUT2D eigenvalue weighted by atomic mass is 32.1. The summed E-state index contributed by atoms with van der Waals surface area (Å²) in [5, 5.41) is 10.2. The molecule has 0 aliphatic carbocycles. The lowest BCUT2D eigenvalue weighted by atomic mass is 10.2. The summed E-state index contributed by atoms with van der Waals surface area (Å²) in [5.74, 6) is -0.0198. The fraction of sp³-hybridized carbons (Fsp3) is 0.500. The number of thiophene rings is 1. The zero-order valence-corrected chi connectivity index (χ0v) is 13.0. The summed E-state index contributed by atoms with van der Waals surface area (Å²) in [6.45, 7) is 5.75. The Morgan fingerprint density at radius 1 is 1.29 bits per heavy atom. The molecule has 0 unspecified atom stereocenters. The minimum absolute atomic E-state index is 0.360. The molecule has 0 radical (unpaired) electrons. The molecule has 7 heteroatoms. The largest absolute Gasteiger partial charge is 0.477 e. The SMILES string of the molecule is Cc1c(C(=O)O)sc2ncnc(N3CCCN(C)CC3)c12. The quantitative estimate of drug-likeness (QED) is 0.913. The van der Waals surface area contributed by atoms with Gasteiger partial charge in [-0.2, -0.15) is 0 Å². The maximum absolute atomic E-state index is 11.3. The number of hydrogen-bond acceptors (Lipinski definition) is 6. The zero-order chi connectivity index (χ0) is 15.0. The first-order valence-corrected chi connectivity index (χ1v) is 7.80. The van der Waals surface area contributed by atoms with Crippen molar-refractivity contribution >= 4 is 33.3 Å². The van der Waals surface area contributed by atoms with E-state index in [1.54, 1.807) is 0 Å². The third-order valence-electron chi connectivity index (χ3n) is 3.92. The molecule has 1 saturated heterocycles. The van der Waals surface area contributed by atoms with Crippen LogP contribution in [0.2, 0.25) is 0 Å². The van der Waals surface area contributed by atoms with Crippen LogP contribution in [0.25, 0.3) is 10.2 Å². The summed E-state index contributed by atoms with van der Waals surface area (Å²) in [6.07, 6.45) is 2.62. The van der Waals surface area contributed by atoms with E-state index in [-0.39, 0.29) is 0 Å². The summed E-state index contributed by atoms with van der Waals surface area (Å²) in [4.78, 5) is 25.7. The van der Waals surface area contributed by atoms with Gasteiger partial charge in [-0.3, -0.25) is 0 Å². The van der Waals surface area contributed by atoms with Crippen molar-refractivity contribution in [3.05, 3.63) is 16.8 Å². The van der Waals surface area contributed by atoms with E-state index >= 15 is 0 Å². The predicted octanol–water partition coefficient (Wildman–Crippen LogP) is 1.84. The summed E-state index contributed by atoms with van der Waals surface area (Å²) < 4.78 is 0. The lowest BCUT2D eigenvalue weighted by Crippen LogP contribution is -2.29. The van der Waals surface area contributed by atoms with Crippen molar-refractivity contribution in [2.24, 2.45) is 0 Å². The van der Waals surface area contributed by atoms with Gasteiger partial charge in [-0.15, -0.1) is 11.3 Å². The Balaban J connectivity index is 2.08. The molecule has 0 amide bonds. The van der Waals surface area contributed by atoms with E-state index in [4.69, 9.17) is 0 Å². The van der Waals surface area contributed by atoms with E-state index in [0.717, 1.165) is 54.2 Å². The topological polar surface area (TPSA) is 69.6 Å². The molecule has 21 heavy (non-hydrogen) atoms. The van der Waals surface area contributed by atoms with Crippen molar-refractivity contribution in [1.82, 2.24) is 14.9 Å². The molecule has 1 aliphatic heterocycles. The normalized spacial score (nSPS) is 17.1. The van der Waals surface area contributed by atoms with Crippen molar-refractivity contribution in [1.29, 1.82) is 0 Å². The second-order valence-corrected chi connectivity index (χ2v) is 6.38. The third-order valence-corrected chi connectivity index (χ3v) is 5.11. The number of likely N-dealkylation sites (N-methyl/N-ethyl adjacent to an activating group) is 1. The minimum Gasteiger partial charge on any atom is -0.477 e. The van der Waals surface area contributed by atoms with Crippen LogP contribution in [0.1, 0.15) is 21.7 Å². The van der Waals surface area contributed by atoms with Crippen LogP contribution < -0.4 is 4.90 Å². The highest BCUT2D eigenvalue weighted by Gasteiger charge is 2.22. The van der Waals surface area contributed by atoms with Gasteiger partial charge in [0.25, 0.3) is 0 Å². The zero-order valence-electron chi connectivity index (χ0n) is 12.2. The van der Waals surface area contributed by atoms with Crippen molar-refractivity contribution < 1.29 is 9.90 Å². The Morgan fingerprint density at radius 2 is 2.10 bits per heavy atom. The number of carboxylic acid groups (broad SMARTS) is 1. The number of aryl methyl sites for hydroxylation is 1. The van der Waals surface area contributed by atoms with Gasteiger partial charge < -0.3 is 14.9 Å². The number of aromatic nitrogens is 2. The Bertz CT molecular complexity index is 685. The number of fused-ring (bicyclic) bond motifs is 1. The van der Waals surface area contributed by atoms with Crippen LogP contribution in [0.15, 0.2) is 6.33 Å². The summed E-state index contributed by atoms with van der Waals surface area (Å²) in [7, 11) is 2.12. The molecule has 3 rings (SSSR count). The van der Waals surface area contributed by atoms with E-state index in [0.29, 0.717) is 4.88 Å². The lowest BCUT2D eigenvalue weighted by molar-refractivity contribution is 0.0701. The third kappa shape index (κ3) is 2.58. The van der Waals surface area contributed by atoms with E-state index in [2.05, 4.69) is 26.8 Å². The van der Waals surface area contributed by atoms with Crippen LogP contribution in [0.3, 0.4) is 0 Å². The fourth-order valence-corrected chi connectivity index (χ4v) is 3.74. The molecule has 1 N–H and O–H groups in total. The molecule has 3 heterocycles. The molecular formula is C14H18N4O2S. The Hall–Kier alpha value is -1.73. The molecule has 0 spiro atoms. The fourth-order valence-electron chi connectivity index (χ4n) is 2.76. The predicted molar refractivity (Wildman–Crippen MR) is 83.4 cm³/mol. The Labute approximate surface area is 127 Å². The summed E-state index contributed by atoms with van der Waals surface area (Å²) in [5.41, 5.74) is 0.774. The van der Waals surface area contributed by atoms with Crippen molar-refractivity contribution in [2.75, 3.05) is 38.1 Å². The number of aromatic carboxylic acids is 1. The average molecular weight is 306 g/mol. The minimum atomic E-state index is -0.892. The molecular weight excluding hydrogens is 288 g/mol. The molecule has 0 bridgehead atoms. The smallest absolute Gasteiger partial charge is 0.346 e. The molecule has 0 aromatic carbocycles. The van der Waals surface area contributed by atoms with Crippen LogP contribution >= 0.6 is 11.3 Å². The standard InChI is InChI=1S/C14H18N4O2S/c1-9-10-12(18-5-3-4-17(2)6-7-18)15-8-16-13(10)21-11(9)14(19)20/h8H,3-7H2,1-2H3,(H,19,20). The maximum Gasteiger partial charge on any atom is 0.346 e. The van der Waals surface area contributed by atoms with Gasteiger partial charge in [0, 0.05) is 19.6 Å². The molecule has 2 aromatic heterocycles. The Kier molecular flexibility index (Phi) is 3.77. The molecule has 0 atom stereocenters. The van der Waals surface area contributed by atoms with E-state index < -0.39 is 5.97 Å². The van der Waals surface area contributed by atoms with Gasteiger partial charge in [0.15, 0.2) is 0 Å². The van der Waals surface area contributed by atoms with Crippen molar-refractivity contribution in [3.63, 3.8) is 0 Å². The summed E-state index contributed by atoms with van der Waals surface area (Å²) >= 11 is 1.23. The highest BCUT2D eigenvalue weighted by molar-refractivity contribution is 7.20. The van der Waals surface area contributed by atoms with Crippen molar-refractivity contribution in [2.45, 2.75) is 13.3 Å². The molecule has 2 aromatic rings. The van der Waals surface area contributed by atoms with Gasteiger partial charge in [0.2, 0.25) is 0 Å².